The van der Waals surface area contributed by atoms with Crippen LogP contribution in [-0.4, -0.2) is 34.2 Å². The second-order valence-electron chi connectivity index (χ2n) is 5.58. The average Bonchev–Trinajstić information content (AvgIpc) is 3.24. The third kappa shape index (κ3) is 3.74. The predicted molar refractivity (Wildman–Crippen MR) is 81.8 cm³/mol. The minimum atomic E-state index is -0.379. The number of amides is 2. The molecule has 0 radical (unpaired) electrons. The lowest BCUT2D eigenvalue weighted by atomic mass is 10.2. The quantitative estimate of drug-likeness (QED) is 0.874. The minimum Gasteiger partial charge on any atom is -0.352 e. The van der Waals surface area contributed by atoms with Crippen molar-refractivity contribution in [2.24, 2.45) is 0 Å². The number of aromatic nitrogens is 2. The maximum absolute atomic E-state index is 13.3. The van der Waals surface area contributed by atoms with Crippen LogP contribution in [0.25, 0.3) is 5.69 Å². The molecule has 1 aromatic carbocycles. The first kappa shape index (κ1) is 15.2. The lowest BCUT2D eigenvalue weighted by molar-refractivity contribution is -0.120. The minimum absolute atomic E-state index is 0.0695. The molecule has 3 rings (SSSR count). The van der Waals surface area contributed by atoms with E-state index in [9.17, 15) is 14.0 Å². The van der Waals surface area contributed by atoms with Gasteiger partial charge in [-0.2, -0.15) is 5.10 Å². The lowest BCUT2D eigenvalue weighted by Crippen LogP contribution is -2.37. The lowest BCUT2D eigenvalue weighted by Gasteiger charge is -2.05. The van der Waals surface area contributed by atoms with Crippen molar-refractivity contribution in [1.29, 1.82) is 0 Å². The van der Waals surface area contributed by atoms with Crippen molar-refractivity contribution >= 4 is 11.8 Å². The van der Waals surface area contributed by atoms with Crippen LogP contribution >= 0.6 is 0 Å². The summed E-state index contributed by atoms with van der Waals surface area (Å²) in [6, 6.07) is 6.20. The van der Waals surface area contributed by atoms with E-state index in [0.29, 0.717) is 16.9 Å². The second kappa shape index (κ2) is 6.20. The maximum atomic E-state index is 13.3. The van der Waals surface area contributed by atoms with E-state index in [2.05, 4.69) is 15.7 Å². The van der Waals surface area contributed by atoms with Crippen LogP contribution in [0.4, 0.5) is 4.39 Å². The Hall–Kier alpha value is -2.70. The van der Waals surface area contributed by atoms with E-state index in [1.807, 2.05) is 0 Å². The van der Waals surface area contributed by atoms with E-state index in [1.54, 1.807) is 19.1 Å². The molecule has 2 amide bonds. The van der Waals surface area contributed by atoms with Crippen LogP contribution < -0.4 is 10.6 Å². The summed E-state index contributed by atoms with van der Waals surface area (Å²) < 4.78 is 14.7. The van der Waals surface area contributed by atoms with Gasteiger partial charge < -0.3 is 10.6 Å². The van der Waals surface area contributed by atoms with E-state index >= 15 is 0 Å². The van der Waals surface area contributed by atoms with Gasteiger partial charge in [-0.1, -0.05) is 6.07 Å². The van der Waals surface area contributed by atoms with Crippen LogP contribution in [0.15, 0.2) is 30.5 Å². The Kier molecular flexibility index (Phi) is 4.10. The number of benzene rings is 1. The van der Waals surface area contributed by atoms with E-state index in [-0.39, 0.29) is 30.2 Å². The summed E-state index contributed by atoms with van der Waals surface area (Å²) >= 11 is 0. The van der Waals surface area contributed by atoms with E-state index in [1.165, 1.54) is 23.0 Å². The highest BCUT2D eigenvalue weighted by molar-refractivity contribution is 5.97. The summed E-state index contributed by atoms with van der Waals surface area (Å²) in [5.74, 6) is -0.953. The third-order valence-electron chi connectivity index (χ3n) is 3.57. The molecule has 0 unspecified atom stereocenters. The Bertz CT molecular complexity index is 752. The van der Waals surface area contributed by atoms with Crippen molar-refractivity contribution in [3.8, 4) is 5.69 Å². The van der Waals surface area contributed by atoms with Crippen LogP contribution in [0.5, 0.6) is 0 Å². The highest BCUT2D eigenvalue weighted by atomic mass is 19.1. The Morgan fingerprint density at radius 3 is 2.87 bits per heavy atom. The number of hydrogen-bond donors (Lipinski definition) is 2. The van der Waals surface area contributed by atoms with Crippen LogP contribution in [-0.2, 0) is 4.79 Å². The molecule has 1 aliphatic rings. The Balaban J connectivity index is 1.67. The standard InChI is InChI=1S/C16H17FN4O2/c1-10-14(16(23)18-8-15(22)19-12-5-6-12)9-21(20-10)13-4-2-3-11(17)7-13/h2-4,7,9,12H,5-6,8H2,1H3,(H,18,23)(H,19,22). The summed E-state index contributed by atoms with van der Waals surface area (Å²) in [7, 11) is 0. The highest BCUT2D eigenvalue weighted by Crippen LogP contribution is 2.18. The molecule has 1 fully saturated rings. The van der Waals surface area contributed by atoms with Gasteiger partial charge in [-0.25, -0.2) is 9.07 Å². The van der Waals surface area contributed by atoms with Gasteiger partial charge in [0.15, 0.2) is 0 Å². The molecule has 6 nitrogen and oxygen atoms in total. The fourth-order valence-corrected chi connectivity index (χ4v) is 2.20. The fraction of sp³-hybridized carbons (Fsp3) is 0.312. The number of carbonyl (C=O) groups is 2. The molecule has 0 atom stereocenters. The molecule has 0 bridgehead atoms. The topological polar surface area (TPSA) is 76.0 Å². The van der Waals surface area contributed by atoms with Crippen LogP contribution in [0.3, 0.4) is 0 Å². The van der Waals surface area contributed by atoms with Crippen LogP contribution in [0.2, 0.25) is 0 Å². The van der Waals surface area contributed by atoms with Gasteiger partial charge in [0.2, 0.25) is 5.91 Å². The van der Waals surface area contributed by atoms with Gasteiger partial charge in [0, 0.05) is 12.2 Å². The van der Waals surface area contributed by atoms with Crippen molar-refractivity contribution in [2.75, 3.05) is 6.54 Å². The normalized spacial score (nSPS) is 13.7. The fourth-order valence-electron chi connectivity index (χ4n) is 2.20. The van der Waals surface area contributed by atoms with E-state index < -0.39 is 0 Å². The van der Waals surface area contributed by atoms with Gasteiger partial charge in [-0.3, -0.25) is 9.59 Å². The number of nitrogens with one attached hydrogen (secondary N) is 2. The average molecular weight is 316 g/mol. The van der Waals surface area contributed by atoms with Gasteiger partial charge in [-0.05, 0) is 38.0 Å². The van der Waals surface area contributed by atoms with Gasteiger partial charge in [-0.15, -0.1) is 0 Å². The first-order valence-corrected chi connectivity index (χ1v) is 7.42. The van der Waals surface area contributed by atoms with Crippen molar-refractivity contribution in [2.45, 2.75) is 25.8 Å². The molecular formula is C16H17FN4O2. The first-order valence-electron chi connectivity index (χ1n) is 7.42. The number of nitrogens with zero attached hydrogens (tertiary/aromatic N) is 2. The molecule has 0 spiro atoms. The monoisotopic (exact) mass is 316 g/mol. The molecule has 0 saturated heterocycles. The molecule has 1 aliphatic carbocycles. The summed E-state index contributed by atoms with van der Waals surface area (Å²) in [6.07, 6.45) is 3.52. The predicted octanol–water partition coefficient (Wildman–Crippen LogP) is 1.33. The number of rotatable bonds is 5. The van der Waals surface area contributed by atoms with Gasteiger partial charge in [0.1, 0.15) is 5.82 Å². The SMILES string of the molecule is Cc1nn(-c2cccc(F)c2)cc1C(=O)NCC(=O)NC1CC1. The van der Waals surface area contributed by atoms with Crippen LogP contribution in [0, 0.1) is 12.7 Å². The molecule has 1 heterocycles. The Labute approximate surface area is 132 Å². The molecule has 7 heteroatoms. The van der Waals surface area contributed by atoms with Crippen molar-refractivity contribution < 1.29 is 14.0 Å². The number of aryl methyl sites for hydroxylation is 1. The summed E-state index contributed by atoms with van der Waals surface area (Å²) in [4.78, 5) is 23.8. The largest absolute Gasteiger partial charge is 0.352 e. The van der Waals surface area contributed by atoms with E-state index in [4.69, 9.17) is 0 Å². The molecule has 120 valence electrons. The summed E-state index contributed by atoms with van der Waals surface area (Å²) in [5, 5.41) is 9.58. The molecule has 2 aromatic rings. The first-order chi connectivity index (χ1) is 11.0. The Morgan fingerprint density at radius 1 is 1.39 bits per heavy atom. The summed E-state index contributed by atoms with van der Waals surface area (Å²) in [6.45, 7) is 1.62. The zero-order valence-electron chi connectivity index (χ0n) is 12.7. The van der Waals surface area contributed by atoms with Gasteiger partial charge in [0.05, 0.1) is 23.5 Å². The molecule has 2 N–H and O–H groups in total. The van der Waals surface area contributed by atoms with Crippen molar-refractivity contribution in [1.82, 2.24) is 20.4 Å². The molecule has 23 heavy (non-hydrogen) atoms. The number of halogens is 1. The molecule has 0 aliphatic heterocycles. The van der Waals surface area contributed by atoms with Gasteiger partial charge >= 0.3 is 0 Å². The van der Waals surface area contributed by atoms with Crippen molar-refractivity contribution in [3.05, 3.63) is 47.5 Å². The molecule has 1 saturated carbocycles. The highest BCUT2D eigenvalue weighted by Gasteiger charge is 2.23. The van der Waals surface area contributed by atoms with E-state index in [0.717, 1.165) is 12.8 Å². The number of carbonyl (C=O) groups excluding carboxylic acids is 2. The zero-order valence-corrected chi connectivity index (χ0v) is 12.7. The maximum Gasteiger partial charge on any atom is 0.255 e. The third-order valence-corrected chi connectivity index (χ3v) is 3.57. The van der Waals surface area contributed by atoms with Crippen LogP contribution in [0.1, 0.15) is 28.9 Å². The second-order valence-corrected chi connectivity index (χ2v) is 5.58. The number of hydrogen-bond acceptors (Lipinski definition) is 3. The zero-order chi connectivity index (χ0) is 16.4. The molecule has 1 aromatic heterocycles. The van der Waals surface area contributed by atoms with Crippen molar-refractivity contribution in [3.63, 3.8) is 0 Å². The summed E-state index contributed by atoms with van der Waals surface area (Å²) in [5.41, 5.74) is 1.39. The smallest absolute Gasteiger partial charge is 0.255 e. The Morgan fingerprint density at radius 2 is 2.17 bits per heavy atom. The molecular weight excluding hydrogens is 299 g/mol. The van der Waals surface area contributed by atoms with Gasteiger partial charge in [0.25, 0.3) is 5.91 Å².